The van der Waals surface area contributed by atoms with Crippen molar-refractivity contribution in [2.75, 3.05) is 0 Å². The molecule has 1 atom stereocenters. The van der Waals surface area contributed by atoms with Gasteiger partial charge in [0.25, 0.3) is 0 Å². The zero-order chi connectivity index (χ0) is 18.7. The molecular weight excluding hydrogens is 355 g/mol. The molecule has 26 heavy (non-hydrogen) atoms. The molecule has 4 nitrogen and oxygen atoms in total. The van der Waals surface area contributed by atoms with Gasteiger partial charge in [0, 0.05) is 12.0 Å². The van der Waals surface area contributed by atoms with Crippen molar-refractivity contribution in [2.24, 2.45) is 0 Å². The van der Waals surface area contributed by atoms with Crippen LogP contribution in [0.25, 0.3) is 0 Å². The Morgan fingerprint density at radius 2 is 1.65 bits per heavy atom. The molecule has 0 saturated heterocycles. The third-order valence-corrected chi connectivity index (χ3v) is 6.14. The van der Waals surface area contributed by atoms with Crippen molar-refractivity contribution < 1.29 is 22.0 Å². The van der Waals surface area contributed by atoms with Crippen LogP contribution in [0.3, 0.4) is 0 Å². The lowest BCUT2D eigenvalue weighted by Gasteiger charge is -2.15. The predicted molar refractivity (Wildman–Crippen MR) is 95.2 cm³/mol. The molecule has 1 heterocycles. The molecule has 0 fully saturated rings. The van der Waals surface area contributed by atoms with E-state index in [1.165, 1.54) is 36.4 Å². The van der Waals surface area contributed by atoms with E-state index in [1.807, 2.05) is 0 Å². The van der Waals surface area contributed by atoms with Gasteiger partial charge in [-0.05, 0) is 55.5 Å². The summed E-state index contributed by atoms with van der Waals surface area (Å²) in [5.41, 5.74) is 0.253. The number of hydrogen-bond donors (Lipinski definition) is 0. The number of aryl methyl sites for hydroxylation is 1. The molecule has 0 aliphatic carbocycles. The second kappa shape index (κ2) is 7.25. The van der Waals surface area contributed by atoms with E-state index in [0.717, 1.165) is 0 Å². The molecule has 0 spiro atoms. The van der Waals surface area contributed by atoms with Crippen LogP contribution in [-0.2, 0) is 9.84 Å². The van der Waals surface area contributed by atoms with Crippen LogP contribution in [0.4, 0.5) is 4.39 Å². The molecular formula is C20H17FO4S. The van der Waals surface area contributed by atoms with Crippen molar-refractivity contribution in [3.63, 3.8) is 0 Å². The summed E-state index contributed by atoms with van der Waals surface area (Å²) in [5.74, 6) is -0.0930. The molecule has 3 aromatic rings. The number of carbonyl (C=O) groups excluding carboxylic acids is 1. The van der Waals surface area contributed by atoms with Crippen molar-refractivity contribution in [3.05, 3.63) is 89.6 Å². The first-order valence-corrected chi connectivity index (χ1v) is 9.56. The van der Waals surface area contributed by atoms with Gasteiger partial charge in [-0.1, -0.05) is 18.2 Å². The zero-order valence-electron chi connectivity index (χ0n) is 14.1. The highest BCUT2D eigenvalue weighted by atomic mass is 32.2. The van der Waals surface area contributed by atoms with E-state index in [4.69, 9.17) is 4.42 Å². The van der Waals surface area contributed by atoms with Gasteiger partial charge in [-0.3, -0.25) is 4.79 Å². The lowest BCUT2D eigenvalue weighted by molar-refractivity contribution is 0.0978. The van der Waals surface area contributed by atoms with E-state index in [1.54, 1.807) is 37.3 Å². The van der Waals surface area contributed by atoms with Gasteiger partial charge in [0.05, 0.1) is 4.90 Å². The Bertz CT molecular complexity index is 1010. The lowest BCUT2D eigenvalue weighted by atomic mass is 10.1. The minimum Gasteiger partial charge on any atom is -0.465 e. The normalized spacial score (nSPS) is 12.7. The molecule has 0 amide bonds. The topological polar surface area (TPSA) is 64.3 Å². The Balaban J connectivity index is 1.99. The Kier molecular flexibility index (Phi) is 5.04. The van der Waals surface area contributed by atoms with Gasteiger partial charge in [0.2, 0.25) is 0 Å². The Labute approximate surface area is 151 Å². The van der Waals surface area contributed by atoms with E-state index >= 15 is 0 Å². The van der Waals surface area contributed by atoms with Crippen LogP contribution in [0.15, 0.2) is 76.0 Å². The van der Waals surface area contributed by atoms with Crippen LogP contribution in [0, 0.1) is 12.7 Å². The quantitative estimate of drug-likeness (QED) is 0.597. The maximum absolute atomic E-state index is 13.1. The fraction of sp³-hybridized carbons (Fsp3) is 0.150. The van der Waals surface area contributed by atoms with Crippen LogP contribution in [0.1, 0.15) is 33.5 Å². The van der Waals surface area contributed by atoms with E-state index in [2.05, 4.69) is 0 Å². The molecule has 0 bridgehead atoms. The number of furan rings is 1. The largest absolute Gasteiger partial charge is 0.465 e. The summed E-state index contributed by atoms with van der Waals surface area (Å²) in [4.78, 5) is 12.7. The first-order chi connectivity index (χ1) is 12.4. The maximum atomic E-state index is 13.1. The lowest BCUT2D eigenvalue weighted by Crippen LogP contribution is -2.17. The summed E-state index contributed by atoms with van der Waals surface area (Å²) in [5, 5.41) is -1.16. The number of benzene rings is 2. The number of rotatable bonds is 6. The SMILES string of the molecule is Cc1ccc([C@@H](CC(=O)c2ccc(F)cc2)S(=O)(=O)c2ccccc2)o1. The van der Waals surface area contributed by atoms with Crippen LogP contribution < -0.4 is 0 Å². The first kappa shape index (κ1) is 18.1. The average Bonchev–Trinajstić information content (AvgIpc) is 3.06. The van der Waals surface area contributed by atoms with Crippen LogP contribution in [0.5, 0.6) is 0 Å². The summed E-state index contributed by atoms with van der Waals surface area (Å²) in [6, 6.07) is 16.2. The van der Waals surface area contributed by atoms with Gasteiger partial charge < -0.3 is 4.42 Å². The van der Waals surface area contributed by atoms with Crippen molar-refractivity contribution in [1.82, 2.24) is 0 Å². The molecule has 0 aliphatic rings. The molecule has 0 unspecified atom stereocenters. The Hall–Kier alpha value is -2.73. The van der Waals surface area contributed by atoms with Crippen molar-refractivity contribution >= 4 is 15.6 Å². The number of sulfone groups is 1. The second-order valence-electron chi connectivity index (χ2n) is 5.93. The summed E-state index contributed by atoms with van der Waals surface area (Å²) < 4.78 is 44.8. The summed E-state index contributed by atoms with van der Waals surface area (Å²) in [6.07, 6.45) is -0.296. The minimum atomic E-state index is -3.84. The first-order valence-electron chi connectivity index (χ1n) is 8.02. The predicted octanol–water partition coefficient (Wildman–Crippen LogP) is 4.52. The van der Waals surface area contributed by atoms with E-state index < -0.39 is 26.7 Å². The van der Waals surface area contributed by atoms with Gasteiger partial charge in [0.1, 0.15) is 22.6 Å². The number of Topliss-reactive ketones (excluding diaryl/α,β-unsaturated/α-hetero) is 1. The number of carbonyl (C=O) groups is 1. The maximum Gasteiger partial charge on any atom is 0.188 e. The van der Waals surface area contributed by atoms with Gasteiger partial charge in [-0.25, -0.2) is 12.8 Å². The molecule has 6 heteroatoms. The summed E-state index contributed by atoms with van der Waals surface area (Å²) >= 11 is 0. The third kappa shape index (κ3) is 3.75. The minimum absolute atomic E-state index is 0.117. The van der Waals surface area contributed by atoms with Gasteiger partial charge in [-0.2, -0.15) is 0 Å². The van der Waals surface area contributed by atoms with Crippen molar-refractivity contribution in [3.8, 4) is 0 Å². The molecule has 1 aromatic heterocycles. The molecule has 134 valence electrons. The fourth-order valence-electron chi connectivity index (χ4n) is 2.69. The molecule has 0 saturated carbocycles. The number of hydrogen-bond acceptors (Lipinski definition) is 4. The highest BCUT2D eigenvalue weighted by molar-refractivity contribution is 7.91. The third-order valence-electron chi connectivity index (χ3n) is 4.06. The van der Waals surface area contributed by atoms with Crippen LogP contribution in [-0.4, -0.2) is 14.2 Å². The van der Waals surface area contributed by atoms with E-state index in [-0.39, 0.29) is 22.6 Å². The molecule has 0 N–H and O–H groups in total. The standard InChI is InChI=1S/C20H17FO4S/c1-14-7-12-19(25-14)20(26(23,24)17-5-3-2-4-6-17)13-18(22)15-8-10-16(21)11-9-15/h2-12,20H,13H2,1H3/t20-/m1/s1. The average molecular weight is 372 g/mol. The van der Waals surface area contributed by atoms with Crippen LogP contribution in [0.2, 0.25) is 0 Å². The van der Waals surface area contributed by atoms with Crippen molar-refractivity contribution in [2.45, 2.75) is 23.5 Å². The molecule has 0 radical (unpaired) electrons. The van der Waals surface area contributed by atoms with Gasteiger partial charge in [0.15, 0.2) is 15.6 Å². The molecule has 3 rings (SSSR count). The monoisotopic (exact) mass is 372 g/mol. The Morgan fingerprint density at radius 1 is 1.00 bits per heavy atom. The molecule has 2 aromatic carbocycles. The van der Waals surface area contributed by atoms with Crippen molar-refractivity contribution in [1.29, 1.82) is 0 Å². The highest BCUT2D eigenvalue weighted by Crippen LogP contribution is 2.34. The second-order valence-corrected chi connectivity index (χ2v) is 8.06. The summed E-state index contributed by atoms with van der Waals surface area (Å²) in [7, 11) is -3.84. The number of ketones is 1. The highest BCUT2D eigenvalue weighted by Gasteiger charge is 2.33. The zero-order valence-corrected chi connectivity index (χ0v) is 14.9. The van der Waals surface area contributed by atoms with Gasteiger partial charge >= 0.3 is 0 Å². The smallest absolute Gasteiger partial charge is 0.188 e. The number of halogens is 1. The Morgan fingerprint density at radius 3 is 2.23 bits per heavy atom. The fourth-order valence-corrected chi connectivity index (χ4v) is 4.35. The molecule has 0 aliphatic heterocycles. The van der Waals surface area contributed by atoms with E-state index in [9.17, 15) is 17.6 Å². The summed E-state index contributed by atoms with van der Waals surface area (Å²) in [6.45, 7) is 1.71. The van der Waals surface area contributed by atoms with E-state index in [0.29, 0.717) is 5.76 Å². The van der Waals surface area contributed by atoms with Crippen LogP contribution >= 0.6 is 0 Å². The van der Waals surface area contributed by atoms with Gasteiger partial charge in [-0.15, -0.1) is 0 Å².